The second-order valence-electron chi connectivity index (χ2n) is 4.38. The Balaban J connectivity index is 2.08. The first-order valence-electron chi connectivity index (χ1n) is 5.98. The van der Waals surface area contributed by atoms with E-state index in [4.69, 9.17) is 0 Å². The molecule has 2 aromatic heterocycles. The molecule has 0 aromatic carbocycles. The van der Waals surface area contributed by atoms with Crippen LogP contribution in [0.3, 0.4) is 0 Å². The lowest BCUT2D eigenvalue weighted by Gasteiger charge is -2.06. The highest BCUT2D eigenvalue weighted by atomic mass is 79.9. The Hall–Kier alpha value is -1.49. The van der Waals surface area contributed by atoms with Gasteiger partial charge in [0.05, 0.1) is 17.5 Å². The van der Waals surface area contributed by atoms with Gasteiger partial charge < -0.3 is 0 Å². The third-order valence-corrected chi connectivity index (χ3v) is 3.63. The zero-order valence-corrected chi connectivity index (χ0v) is 11.4. The molecule has 3 rings (SSSR count). The van der Waals surface area contributed by atoms with Crippen molar-refractivity contribution in [1.29, 1.82) is 0 Å². The fourth-order valence-electron chi connectivity index (χ4n) is 2.25. The molecule has 18 heavy (non-hydrogen) atoms. The van der Waals surface area contributed by atoms with E-state index < -0.39 is 0 Å². The van der Waals surface area contributed by atoms with Gasteiger partial charge in [0.15, 0.2) is 11.6 Å². The van der Waals surface area contributed by atoms with Gasteiger partial charge in [-0.15, -0.1) is 0 Å². The molecule has 1 aliphatic carbocycles. The van der Waals surface area contributed by atoms with E-state index in [1.807, 2.05) is 12.1 Å². The summed E-state index contributed by atoms with van der Waals surface area (Å²) in [6, 6.07) is 3.82. The summed E-state index contributed by atoms with van der Waals surface area (Å²) in [4.78, 5) is 16.2. The van der Waals surface area contributed by atoms with Gasteiger partial charge in [0.25, 0.3) is 0 Å². The standard InChI is InChI=1S/C13H12BrN3O/c14-9-5-6-13(15-7-9)17-11-3-1-2-4-12(18)10(11)8-16-17/h5-8H,1-4H2. The summed E-state index contributed by atoms with van der Waals surface area (Å²) in [6.45, 7) is 0. The van der Waals surface area contributed by atoms with E-state index in [0.717, 1.165) is 40.8 Å². The first-order valence-corrected chi connectivity index (χ1v) is 6.77. The van der Waals surface area contributed by atoms with E-state index in [0.29, 0.717) is 6.42 Å². The van der Waals surface area contributed by atoms with Crippen LogP contribution in [0.15, 0.2) is 29.0 Å². The number of halogens is 1. The number of pyridine rings is 1. The van der Waals surface area contributed by atoms with Gasteiger partial charge >= 0.3 is 0 Å². The van der Waals surface area contributed by atoms with Crippen molar-refractivity contribution in [3.8, 4) is 5.82 Å². The molecule has 0 fully saturated rings. The highest BCUT2D eigenvalue weighted by molar-refractivity contribution is 9.10. The summed E-state index contributed by atoms with van der Waals surface area (Å²) in [5, 5.41) is 4.31. The molecule has 0 saturated carbocycles. The molecule has 0 spiro atoms. The lowest BCUT2D eigenvalue weighted by molar-refractivity contribution is 0.0982. The van der Waals surface area contributed by atoms with Crippen LogP contribution in [0.5, 0.6) is 0 Å². The van der Waals surface area contributed by atoms with Crippen molar-refractivity contribution < 1.29 is 4.79 Å². The normalized spacial score (nSPS) is 15.3. The SMILES string of the molecule is O=C1CCCCc2c1cnn2-c1ccc(Br)cn1. The summed E-state index contributed by atoms with van der Waals surface area (Å²) in [5.41, 5.74) is 1.75. The van der Waals surface area contributed by atoms with Crippen molar-refractivity contribution in [3.63, 3.8) is 0 Å². The van der Waals surface area contributed by atoms with Gasteiger partial charge in [-0.1, -0.05) is 0 Å². The minimum absolute atomic E-state index is 0.200. The highest BCUT2D eigenvalue weighted by Crippen LogP contribution is 2.22. The Morgan fingerprint density at radius 1 is 1.17 bits per heavy atom. The third kappa shape index (κ3) is 1.99. The minimum Gasteiger partial charge on any atom is -0.294 e. The van der Waals surface area contributed by atoms with Crippen LogP contribution in [-0.2, 0) is 6.42 Å². The van der Waals surface area contributed by atoms with Crippen LogP contribution < -0.4 is 0 Å². The van der Waals surface area contributed by atoms with Crippen LogP contribution >= 0.6 is 15.9 Å². The monoisotopic (exact) mass is 305 g/mol. The molecule has 2 heterocycles. The van der Waals surface area contributed by atoms with Crippen LogP contribution in [0.4, 0.5) is 0 Å². The highest BCUT2D eigenvalue weighted by Gasteiger charge is 2.21. The molecule has 1 aliphatic rings. The zero-order valence-electron chi connectivity index (χ0n) is 9.77. The minimum atomic E-state index is 0.200. The summed E-state index contributed by atoms with van der Waals surface area (Å²) in [6.07, 6.45) is 6.92. The van der Waals surface area contributed by atoms with Crippen molar-refractivity contribution in [2.75, 3.05) is 0 Å². The topological polar surface area (TPSA) is 47.8 Å². The number of Topliss-reactive ketones (excluding diaryl/α,β-unsaturated/α-hetero) is 1. The van der Waals surface area contributed by atoms with Crippen LogP contribution in [0.1, 0.15) is 35.3 Å². The molecule has 0 unspecified atom stereocenters. The third-order valence-electron chi connectivity index (χ3n) is 3.17. The number of hydrogen-bond acceptors (Lipinski definition) is 3. The molecule has 0 atom stereocenters. The first kappa shape index (κ1) is 11.6. The smallest absolute Gasteiger partial charge is 0.166 e. The van der Waals surface area contributed by atoms with Crippen LogP contribution in [0.25, 0.3) is 5.82 Å². The van der Waals surface area contributed by atoms with Gasteiger partial charge in [-0.2, -0.15) is 5.10 Å². The Kier molecular flexibility index (Phi) is 2.99. The first-order chi connectivity index (χ1) is 8.75. The molecule has 92 valence electrons. The molecule has 2 aromatic rings. The Bertz CT molecular complexity index is 589. The molecule has 0 saturated heterocycles. The predicted molar refractivity (Wildman–Crippen MR) is 70.9 cm³/mol. The van der Waals surface area contributed by atoms with E-state index in [-0.39, 0.29) is 5.78 Å². The molecule has 0 amide bonds. The molecule has 4 nitrogen and oxygen atoms in total. The Morgan fingerprint density at radius 2 is 2.00 bits per heavy atom. The number of carbonyl (C=O) groups is 1. The van der Waals surface area contributed by atoms with Crippen molar-refractivity contribution >= 4 is 21.7 Å². The van der Waals surface area contributed by atoms with E-state index in [2.05, 4.69) is 26.0 Å². The van der Waals surface area contributed by atoms with Gasteiger partial charge in [-0.05, 0) is 47.3 Å². The zero-order chi connectivity index (χ0) is 12.5. The fraction of sp³-hybridized carbons (Fsp3) is 0.308. The Morgan fingerprint density at radius 3 is 2.78 bits per heavy atom. The lowest BCUT2D eigenvalue weighted by atomic mass is 10.1. The number of ketones is 1. The number of aromatic nitrogens is 3. The summed E-state index contributed by atoms with van der Waals surface area (Å²) < 4.78 is 2.71. The van der Waals surface area contributed by atoms with Crippen molar-refractivity contribution in [2.24, 2.45) is 0 Å². The van der Waals surface area contributed by atoms with Crippen molar-refractivity contribution in [2.45, 2.75) is 25.7 Å². The van der Waals surface area contributed by atoms with E-state index in [9.17, 15) is 4.79 Å². The average Bonchev–Trinajstić information content (AvgIpc) is 2.71. The molecule has 0 bridgehead atoms. The molecule has 5 heteroatoms. The van der Waals surface area contributed by atoms with Crippen LogP contribution in [0, 0.1) is 0 Å². The molecule has 0 radical (unpaired) electrons. The molecule has 0 aliphatic heterocycles. The number of carbonyl (C=O) groups excluding carboxylic acids is 1. The number of hydrogen-bond donors (Lipinski definition) is 0. The maximum atomic E-state index is 11.9. The van der Waals surface area contributed by atoms with Gasteiger partial charge in [0.1, 0.15) is 0 Å². The van der Waals surface area contributed by atoms with Gasteiger partial charge in [-0.25, -0.2) is 9.67 Å². The summed E-state index contributed by atoms with van der Waals surface area (Å²) in [7, 11) is 0. The van der Waals surface area contributed by atoms with Crippen LogP contribution in [-0.4, -0.2) is 20.5 Å². The predicted octanol–water partition coefficient (Wildman–Crippen LogP) is 2.94. The number of fused-ring (bicyclic) bond motifs is 1. The quantitative estimate of drug-likeness (QED) is 0.761. The second-order valence-corrected chi connectivity index (χ2v) is 5.30. The largest absolute Gasteiger partial charge is 0.294 e. The number of rotatable bonds is 1. The lowest BCUT2D eigenvalue weighted by Crippen LogP contribution is -2.05. The van der Waals surface area contributed by atoms with Gasteiger partial charge in [0, 0.05) is 17.1 Å². The van der Waals surface area contributed by atoms with E-state index >= 15 is 0 Å². The van der Waals surface area contributed by atoms with Crippen molar-refractivity contribution in [3.05, 3.63) is 40.3 Å². The van der Waals surface area contributed by atoms with E-state index in [1.54, 1.807) is 17.1 Å². The van der Waals surface area contributed by atoms with Gasteiger partial charge in [0.2, 0.25) is 0 Å². The van der Waals surface area contributed by atoms with Crippen molar-refractivity contribution in [1.82, 2.24) is 14.8 Å². The van der Waals surface area contributed by atoms with Crippen LogP contribution in [0.2, 0.25) is 0 Å². The molecular formula is C13H12BrN3O. The summed E-state index contributed by atoms with van der Waals surface area (Å²) >= 11 is 3.36. The second kappa shape index (κ2) is 4.65. The number of nitrogens with zero attached hydrogens (tertiary/aromatic N) is 3. The summed E-state index contributed by atoms with van der Waals surface area (Å²) in [5.74, 6) is 0.958. The molecule has 0 N–H and O–H groups in total. The average molecular weight is 306 g/mol. The molecular weight excluding hydrogens is 294 g/mol. The fourth-order valence-corrected chi connectivity index (χ4v) is 2.49. The maximum Gasteiger partial charge on any atom is 0.166 e. The maximum absolute atomic E-state index is 11.9. The Labute approximate surface area is 113 Å². The van der Waals surface area contributed by atoms with Gasteiger partial charge in [-0.3, -0.25) is 4.79 Å². The van der Waals surface area contributed by atoms with E-state index in [1.165, 1.54) is 0 Å².